The lowest BCUT2D eigenvalue weighted by molar-refractivity contribution is -0.126. The number of nitrogens with zero attached hydrogens (tertiary/aromatic N) is 2. The molecule has 0 aliphatic heterocycles. The molecule has 2 aromatic heterocycles. The molecule has 1 aliphatic rings. The van der Waals surface area contributed by atoms with Crippen LogP contribution >= 0.6 is 11.3 Å². The lowest BCUT2D eigenvalue weighted by Gasteiger charge is -2.12. The molecule has 0 radical (unpaired) electrons. The lowest BCUT2D eigenvalue weighted by Crippen LogP contribution is -2.41. The Bertz CT molecular complexity index is 1740. The first-order chi connectivity index (χ1) is 20.1. The Labute approximate surface area is 244 Å². The molecule has 1 fully saturated rings. The number of amides is 3. The summed E-state index contributed by atoms with van der Waals surface area (Å²) in [6.45, 7) is -0.359. The van der Waals surface area contributed by atoms with Gasteiger partial charge < -0.3 is 15.4 Å². The smallest absolute Gasteiger partial charge is 0.412 e. The largest absolute Gasteiger partial charge is 0.443 e. The fraction of sp³-hybridized carbons (Fsp3) is 0.250. The number of carbonyl (C=O) groups excluding carboxylic acids is 3. The SMILES string of the molecule is CS(=O)(=O)C(C(=O)NCC(=O)NC1CC1)c1nc2cc(F)c(-c3ccc(NC(=O)OCc4ccccn4)cc3)cc2s1. The number of sulfone groups is 1. The molecule has 0 bridgehead atoms. The van der Waals surface area contributed by atoms with Crippen molar-refractivity contribution in [3.8, 4) is 11.1 Å². The van der Waals surface area contributed by atoms with Crippen molar-refractivity contribution in [2.24, 2.45) is 0 Å². The Morgan fingerprint density at radius 1 is 1.12 bits per heavy atom. The molecule has 3 amide bonds. The first-order valence-corrected chi connectivity index (χ1v) is 15.6. The van der Waals surface area contributed by atoms with Gasteiger partial charge in [0.05, 0.1) is 22.5 Å². The van der Waals surface area contributed by atoms with Crippen LogP contribution in [0.25, 0.3) is 21.3 Å². The average Bonchev–Trinajstić information content (AvgIpc) is 3.67. The number of aromatic nitrogens is 2. The van der Waals surface area contributed by atoms with Crippen molar-refractivity contribution in [3.05, 3.63) is 77.3 Å². The van der Waals surface area contributed by atoms with E-state index in [0.29, 0.717) is 21.6 Å². The van der Waals surface area contributed by atoms with Gasteiger partial charge in [0.15, 0.2) is 15.1 Å². The number of carbonyl (C=O) groups is 3. The number of hydrogen-bond donors (Lipinski definition) is 3. The van der Waals surface area contributed by atoms with Gasteiger partial charge in [0.25, 0.3) is 0 Å². The van der Waals surface area contributed by atoms with Crippen LogP contribution in [-0.4, -0.2) is 55.1 Å². The third-order valence-electron chi connectivity index (χ3n) is 6.27. The van der Waals surface area contributed by atoms with E-state index >= 15 is 4.39 Å². The number of thiazole rings is 1. The molecule has 1 aliphatic carbocycles. The number of rotatable bonds is 10. The number of benzene rings is 2. The fourth-order valence-corrected chi connectivity index (χ4v) is 6.59. The van der Waals surface area contributed by atoms with Crippen LogP contribution in [0.1, 0.15) is 28.8 Å². The first kappa shape index (κ1) is 29.1. The molecule has 1 saturated carbocycles. The van der Waals surface area contributed by atoms with Crippen LogP contribution in [0, 0.1) is 5.82 Å². The molecule has 1 atom stereocenters. The van der Waals surface area contributed by atoms with Crippen molar-refractivity contribution in [1.29, 1.82) is 0 Å². The predicted octanol–water partition coefficient (Wildman–Crippen LogP) is 3.73. The summed E-state index contributed by atoms with van der Waals surface area (Å²) in [6.07, 6.45) is 3.57. The summed E-state index contributed by atoms with van der Waals surface area (Å²) in [6, 6.07) is 14.5. The second-order valence-corrected chi connectivity index (χ2v) is 12.9. The van der Waals surface area contributed by atoms with E-state index < -0.39 is 38.8 Å². The maximum atomic E-state index is 15.1. The van der Waals surface area contributed by atoms with Gasteiger partial charge in [-0.25, -0.2) is 22.6 Å². The van der Waals surface area contributed by atoms with Gasteiger partial charge in [-0.2, -0.15) is 0 Å². The van der Waals surface area contributed by atoms with E-state index in [4.69, 9.17) is 4.74 Å². The van der Waals surface area contributed by atoms with Gasteiger partial charge in [0.1, 0.15) is 17.4 Å². The van der Waals surface area contributed by atoms with E-state index in [-0.39, 0.29) is 35.3 Å². The molecule has 14 heteroatoms. The van der Waals surface area contributed by atoms with Crippen LogP contribution in [0.2, 0.25) is 0 Å². The Hall–Kier alpha value is -4.43. The summed E-state index contributed by atoms with van der Waals surface area (Å²) in [5.74, 6) is -1.89. The maximum Gasteiger partial charge on any atom is 0.412 e. The fourth-order valence-electron chi connectivity index (χ4n) is 4.07. The number of ether oxygens (including phenoxy) is 1. The van der Waals surface area contributed by atoms with Gasteiger partial charge in [-0.3, -0.25) is 19.9 Å². The van der Waals surface area contributed by atoms with Crippen LogP contribution < -0.4 is 16.0 Å². The normalized spacial score (nSPS) is 13.8. The molecular weight excluding hydrogens is 585 g/mol. The monoisotopic (exact) mass is 611 g/mol. The third-order valence-corrected chi connectivity index (χ3v) is 8.80. The number of halogens is 1. The Morgan fingerprint density at radius 3 is 2.55 bits per heavy atom. The zero-order valence-corrected chi connectivity index (χ0v) is 23.9. The molecule has 11 nitrogen and oxygen atoms in total. The minimum atomic E-state index is -3.97. The highest BCUT2D eigenvalue weighted by Crippen LogP contribution is 2.35. The molecule has 2 heterocycles. The van der Waals surface area contributed by atoms with E-state index in [9.17, 15) is 22.8 Å². The van der Waals surface area contributed by atoms with Gasteiger partial charge in [-0.05, 0) is 48.7 Å². The van der Waals surface area contributed by atoms with Crippen LogP contribution in [0.5, 0.6) is 0 Å². The van der Waals surface area contributed by atoms with Crippen LogP contribution in [-0.2, 0) is 30.8 Å². The maximum absolute atomic E-state index is 15.1. The number of hydrogen-bond acceptors (Lipinski definition) is 9. The summed E-state index contributed by atoms with van der Waals surface area (Å²) in [7, 11) is -3.97. The van der Waals surface area contributed by atoms with Crippen molar-refractivity contribution in [2.75, 3.05) is 18.1 Å². The van der Waals surface area contributed by atoms with E-state index in [1.807, 2.05) is 0 Å². The second kappa shape index (κ2) is 12.2. The molecule has 1 unspecified atom stereocenters. The molecule has 42 heavy (non-hydrogen) atoms. The van der Waals surface area contributed by atoms with Crippen molar-refractivity contribution >= 4 is 55.0 Å². The van der Waals surface area contributed by atoms with Gasteiger partial charge in [0, 0.05) is 35.8 Å². The zero-order chi connectivity index (χ0) is 29.9. The van der Waals surface area contributed by atoms with Gasteiger partial charge in [0.2, 0.25) is 11.8 Å². The summed E-state index contributed by atoms with van der Waals surface area (Å²) in [5, 5.41) is 5.99. The summed E-state index contributed by atoms with van der Waals surface area (Å²) < 4.78 is 45.8. The quantitative estimate of drug-likeness (QED) is 0.245. The number of anilines is 1. The third kappa shape index (κ3) is 7.25. The van der Waals surface area contributed by atoms with Crippen LogP contribution in [0.4, 0.5) is 14.9 Å². The Morgan fingerprint density at radius 2 is 1.88 bits per heavy atom. The molecular formula is C28H26FN5O6S2. The van der Waals surface area contributed by atoms with Crippen LogP contribution in [0.15, 0.2) is 60.8 Å². The average molecular weight is 612 g/mol. The highest BCUT2D eigenvalue weighted by molar-refractivity contribution is 7.91. The van der Waals surface area contributed by atoms with Crippen molar-refractivity contribution in [3.63, 3.8) is 0 Å². The Balaban J connectivity index is 1.29. The topological polar surface area (TPSA) is 156 Å². The Kier molecular flexibility index (Phi) is 8.45. The molecule has 0 saturated heterocycles. The van der Waals surface area contributed by atoms with Gasteiger partial charge >= 0.3 is 6.09 Å². The standard InChI is InChI=1S/C28H26FN5O6S2/c1-42(38,39)25(26(36)31-14-24(35)32-17-9-10-17)27-34-22-13-21(29)20(12-23(22)41-27)16-5-7-18(8-6-16)33-28(37)40-15-19-4-2-3-11-30-19/h2-8,11-13,17,25H,9-10,14-15H2,1H3,(H,31,36)(H,32,35)(H,33,37). The first-order valence-electron chi connectivity index (χ1n) is 12.9. The predicted molar refractivity (Wildman–Crippen MR) is 155 cm³/mol. The van der Waals surface area contributed by atoms with E-state index in [1.54, 1.807) is 48.7 Å². The molecule has 4 aromatic rings. The number of fused-ring (bicyclic) bond motifs is 1. The minimum Gasteiger partial charge on any atom is -0.443 e. The molecule has 2 aromatic carbocycles. The number of nitrogens with one attached hydrogen (secondary N) is 3. The lowest BCUT2D eigenvalue weighted by atomic mass is 10.0. The highest BCUT2D eigenvalue weighted by atomic mass is 32.2. The molecule has 3 N–H and O–H groups in total. The van der Waals surface area contributed by atoms with Crippen molar-refractivity contribution in [1.82, 2.24) is 20.6 Å². The van der Waals surface area contributed by atoms with E-state index in [2.05, 4.69) is 25.9 Å². The highest BCUT2D eigenvalue weighted by Gasteiger charge is 2.34. The van der Waals surface area contributed by atoms with Crippen molar-refractivity contribution < 1.29 is 31.9 Å². The van der Waals surface area contributed by atoms with E-state index in [0.717, 1.165) is 30.4 Å². The van der Waals surface area contributed by atoms with Gasteiger partial charge in [-0.1, -0.05) is 18.2 Å². The molecule has 5 rings (SSSR count). The van der Waals surface area contributed by atoms with E-state index in [1.165, 1.54) is 12.1 Å². The minimum absolute atomic E-state index is 0.00439. The molecule has 218 valence electrons. The van der Waals surface area contributed by atoms with Gasteiger partial charge in [-0.15, -0.1) is 11.3 Å². The van der Waals surface area contributed by atoms with Crippen LogP contribution in [0.3, 0.4) is 0 Å². The molecule has 0 spiro atoms. The number of pyridine rings is 1. The van der Waals surface area contributed by atoms with Crippen molar-refractivity contribution in [2.45, 2.75) is 30.7 Å². The summed E-state index contributed by atoms with van der Waals surface area (Å²) >= 11 is 0.951. The summed E-state index contributed by atoms with van der Waals surface area (Å²) in [5.41, 5.74) is 1.94. The second-order valence-electron chi connectivity index (χ2n) is 9.72. The summed E-state index contributed by atoms with van der Waals surface area (Å²) in [4.78, 5) is 45.2. The zero-order valence-electron chi connectivity index (χ0n) is 22.3.